The zero-order chi connectivity index (χ0) is 54.1. The number of benzene rings is 8. The Kier molecular flexibility index (Phi) is 14.4. The molecule has 4 N–H and O–H groups in total. The van der Waals surface area contributed by atoms with Crippen molar-refractivity contribution in [2.45, 2.75) is 100 Å². The van der Waals surface area contributed by atoms with Crippen LogP contribution in [0.1, 0.15) is 131 Å². The van der Waals surface area contributed by atoms with E-state index in [0.717, 1.165) is 88.7 Å². The van der Waals surface area contributed by atoms with Crippen molar-refractivity contribution in [3.8, 4) is 0 Å². The van der Waals surface area contributed by atoms with Gasteiger partial charge in [-0.2, -0.15) is 0 Å². The summed E-state index contributed by atoms with van der Waals surface area (Å²) in [4.78, 5) is 59.2. The maximum absolute atomic E-state index is 14.4. The van der Waals surface area contributed by atoms with Crippen molar-refractivity contribution in [3.05, 3.63) is 228 Å². The number of rotatable bonds is 8. The van der Waals surface area contributed by atoms with Crippen LogP contribution in [0.3, 0.4) is 0 Å². The molecular weight excluding hydrogens is 989 g/mol. The van der Waals surface area contributed by atoms with Crippen LogP contribution in [0.5, 0.6) is 0 Å². The lowest BCUT2D eigenvalue weighted by molar-refractivity contribution is -0.139. The molecule has 0 spiro atoms. The molecule has 10 heteroatoms. The SMILES string of the molecule is O=C(N[C@@H]1CCCC[C@@H]1C(=O)N1CC[C@@H]2[C@H](c3cccc4ccccc34)Nc3ccccc3[C@@H]21)c1ccccc1.O=C(N[C@@H]1CCCC[C@@H]1C(=O)N1CC[C@H]2[C@@H](c3cccc4ccccc34)Nc3ccccc3[C@H]21)c1ccccc1. The zero-order valence-corrected chi connectivity index (χ0v) is 45.3. The van der Waals surface area contributed by atoms with Gasteiger partial charge in [0.2, 0.25) is 11.8 Å². The highest BCUT2D eigenvalue weighted by Gasteiger charge is 2.50. The fraction of sp³-hybridized carbons (Fsp3) is 0.314. The molecule has 0 unspecified atom stereocenters. The molecule has 4 amide bonds. The molecule has 6 aliphatic rings. The normalized spacial score (nSPS) is 25.5. The fourth-order valence-corrected chi connectivity index (χ4v) is 14.9. The summed E-state index contributed by atoms with van der Waals surface area (Å²) in [7, 11) is 0. The van der Waals surface area contributed by atoms with Crippen LogP contribution in [0.15, 0.2) is 194 Å². The van der Waals surface area contributed by atoms with Crippen LogP contribution < -0.4 is 21.3 Å². The first-order valence-corrected chi connectivity index (χ1v) is 29.4. The first kappa shape index (κ1) is 51.2. The lowest BCUT2D eigenvalue weighted by Gasteiger charge is -2.42. The highest BCUT2D eigenvalue weighted by atomic mass is 16.2. The van der Waals surface area contributed by atoms with E-state index in [9.17, 15) is 19.2 Å². The topological polar surface area (TPSA) is 123 Å². The summed E-state index contributed by atoms with van der Waals surface area (Å²) in [6.45, 7) is 1.47. The van der Waals surface area contributed by atoms with E-state index in [-0.39, 0.29) is 83.6 Å². The predicted molar refractivity (Wildman–Crippen MR) is 318 cm³/mol. The number of carbonyl (C=O) groups is 4. The minimum Gasteiger partial charge on any atom is -0.378 e. The Morgan fingerprint density at radius 2 is 0.738 bits per heavy atom. The number of carbonyl (C=O) groups excluding carboxylic acids is 4. The standard InChI is InChI=1S/2C35H35N3O2/c2*39-34(24-12-2-1-3-13-24)37-31-20-9-7-17-28(31)35(40)38-22-21-29-32(36-30-19-8-6-16-27(30)33(29)38)26-18-10-14-23-11-4-5-15-25(23)26/h2*1-6,8,10-16,18-19,28-29,31-33,36H,7,9,17,20-22H2,(H,37,39)/t28-,29+,31+,32-,33-;28-,29-,31+,32+,33+/m00/s1. The number of amides is 4. The van der Waals surface area contributed by atoms with Gasteiger partial charge in [0.15, 0.2) is 0 Å². The third kappa shape index (κ3) is 9.77. The quantitative estimate of drug-likeness (QED) is 0.120. The Morgan fingerprint density at radius 3 is 1.19 bits per heavy atom. The van der Waals surface area contributed by atoms with Gasteiger partial charge in [0.05, 0.1) is 36.0 Å². The van der Waals surface area contributed by atoms with Crippen molar-refractivity contribution < 1.29 is 19.2 Å². The van der Waals surface area contributed by atoms with Crippen LogP contribution in [-0.4, -0.2) is 58.6 Å². The van der Waals surface area contributed by atoms with Crippen LogP contribution in [0.2, 0.25) is 0 Å². The van der Waals surface area contributed by atoms with Gasteiger partial charge >= 0.3 is 0 Å². The molecule has 10 nitrogen and oxygen atoms in total. The van der Waals surface area contributed by atoms with Crippen LogP contribution in [-0.2, 0) is 9.59 Å². The number of anilines is 2. The van der Waals surface area contributed by atoms with E-state index in [1.54, 1.807) is 0 Å². The van der Waals surface area contributed by atoms with E-state index in [4.69, 9.17) is 0 Å². The number of fused-ring (bicyclic) bond motifs is 8. The van der Waals surface area contributed by atoms with Crippen LogP contribution >= 0.6 is 0 Å². The van der Waals surface area contributed by atoms with Crippen LogP contribution in [0, 0.1) is 23.7 Å². The highest BCUT2D eigenvalue weighted by Crippen LogP contribution is 2.54. The molecule has 4 fully saturated rings. The minimum absolute atomic E-state index is 0.0151. The summed E-state index contributed by atoms with van der Waals surface area (Å²) in [5.74, 6) is 0.353. The first-order chi connectivity index (χ1) is 39.4. The van der Waals surface area contributed by atoms with E-state index in [1.165, 1.54) is 43.8 Å². The second-order valence-electron chi connectivity index (χ2n) is 23.1. The molecule has 80 heavy (non-hydrogen) atoms. The molecule has 8 aromatic carbocycles. The van der Waals surface area contributed by atoms with E-state index in [0.29, 0.717) is 11.1 Å². The summed E-state index contributed by atoms with van der Waals surface area (Å²) in [6, 6.07) is 65.9. The van der Waals surface area contributed by atoms with Gasteiger partial charge in [-0.05, 0) is 119 Å². The molecule has 8 aromatic rings. The number of likely N-dealkylation sites (tertiary alicyclic amines) is 2. The van der Waals surface area contributed by atoms with Crippen molar-refractivity contribution in [2.75, 3.05) is 23.7 Å². The maximum atomic E-state index is 14.4. The number of nitrogens with zero attached hydrogens (tertiary/aromatic N) is 2. The molecule has 0 radical (unpaired) electrons. The largest absolute Gasteiger partial charge is 0.378 e. The van der Waals surface area contributed by atoms with E-state index >= 15 is 0 Å². The molecule has 10 atom stereocenters. The number of nitrogens with one attached hydrogen (secondary N) is 4. The van der Waals surface area contributed by atoms with Gasteiger partial charge in [-0.15, -0.1) is 0 Å². The summed E-state index contributed by atoms with van der Waals surface area (Å²) < 4.78 is 0. The van der Waals surface area contributed by atoms with Gasteiger partial charge in [0.1, 0.15) is 0 Å². The van der Waals surface area contributed by atoms with Crippen LogP contribution in [0.4, 0.5) is 11.4 Å². The van der Waals surface area contributed by atoms with Crippen molar-refractivity contribution in [3.63, 3.8) is 0 Å². The molecule has 2 aliphatic carbocycles. The fourth-order valence-electron chi connectivity index (χ4n) is 14.9. The Balaban J connectivity index is 0.000000151. The van der Waals surface area contributed by atoms with Crippen LogP contribution in [0.25, 0.3) is 21.5 Å². The second-order valence-corrected chi connectivity index (χ2v) is 23.1. The average Bonchev–Trinajstić information content (AvgIpc) is 4.27. The van der Waals surface area contributed by atoms with Gasteiger partial charge in [-0.1, -0.05) is 183 Å². The molecule has 4 heterocycles. The molecular formula is C70H70N6O4. The number of hydrogen-bond donors (Lipinski definition) is 4. The molecule has 0 bridgehead atoms. The van der Waals surface area contributed by atoms with Crippen molar-refractivity contribution in [2.24, 2.45) is 23.7 Å². The Hall–Kier alpha value is -8.24. The molecule has 2 saturated carbocycles. The van der Waals surface area contributed by atoms with E-state index in [2.05, 4.69) is 165 Å². The number of hydrogen-bond acceptors (Lipinski definition) is 6. The lowest BCUT2D eigenvalue weighted by atomic mass is 9.78. The molecule has 404 valence electrons. The summed E-state index contributed by atoms with van der Waals surface area (Å²) in [5, 5.41) is 19.2. The third-order valence-corrected chi connectivity index (χ3v) is 18.7. The van der Waals surface area contributed by atoms with Gasteiger partial charge in [-0.25, -0.2) is 0 Å². The second kappa shape index (κ2) is 22.5. The van der Waals surface area contributed by atoms with Crippen molar-refractivity contribution in [1.29, 1.82) is 0 Å². The molecule has 0 aromatic heterocycles. The summed E-state index contributed by atoms with van der Waals surface area (Å²) in [5.41, 5.74) is 8.51. The molecule has 2 saturated heterocycles. The Bertz CT molecular complexity index is 3330. The lowest BCUT2D eigenvalue weighted by Crippen LogP contribution is -2.50. The third-order valence-electron chi connectivity index (χ3n) is 18.7. The highest BCUT2D eigenvalue weighted by molar-refractivity contribution is 5.96. The van der Waals surface area contributed by atoms with Gasteiger partial charge in [-0.3, -0.25) is 19.2 Å². The average molecular weight is 1060 g/mol. The molecule has 4 aliphatic heterocycles. The van der Waals surface area contributed by atoms with Gasteiger partial charge in [0.25, 0.3) is 11.8 Å². The number of para-hydroxylation sites is 2. The summed E-state index contributed by atoms with van der Waals surface area (Å²) >= 11 is 0. The predicted octanol–water partition coefficient (Wildman–Crippen LogP) is 13.8. The first-order valence-electron chi connectivity index (χ1n) is 29.4. The van der Waals surface area contributed by atoms with E-state index in [1.807, 2.05) is 60.7 Å². The zero-order valence-electron chi connectivity index (χ0n) is 45.3. The van der Waals surface area contributed by atoms with Crippen molar-refractivity contribution >= 4 is 56.5 Å². The summed E-state index contributed by atoms with van der Waals surface area (Å²) in [6.07, 6.45) is 9.31. The molecule has 14 rings (SSSR count). The minimum atomic E-state index is -0.196. The van der Waals surface area contributed by atoms with Gasteiger partial charge in [0, 0.05) is 59.5 Å². The Morgan fingerprint density at radius 1 is 0.375 bits per heavy atom. The van der Waals surface area contributed by atoms with Crippen molar-refractivity contribution in [1.82, 2.24) is 20.4 Å². The smallest absolute Gasteiger partial charge is 0.251 e. The van der Waals surface area contributed by atoms with Gasteiger partial charge < -0.3 is 31.1 Å². The monoisotopic (exact) mass is 1060 g/mol. The Labute approximate surface area is 469 Å². The van der Waals surface area contributed by atoms with E-state index < -0.39 is 0 Å². The maximum Gasteiger partial charge on any atom is 0.251 e.